The topological polar surface area (TPSA) is 60.7 Å². The first kappa shape index (κ1) is 38.5. The van der Waals surface area contributed by atoms with E-state index in [1.165, 1.54) is 0 Å². The van der Waals surface area contributed by atoms with E-state index in [2.05, 4.69) is 13.5 Å². The molecule has 0 spiro atoms. The van der Waals surface area contributed by atoms with Crippen LogP contribution >= 0.6 is 0 Å². The first-order valence-electron chi connectivity index (χ1n) is 15.8. The lowest BCUT2D eigenvalue weighted by Crippen LogP contribution is -2.55. The maximum atomic E-state index is 14.3. The summed E-state index contributed by atoms with van der Waals surface area (Å²) in [5.41, 5.74) is -4.39. The van der Waals surface area contributed by atoms with Crippen molar-refractivity contribution < 1.29 is 46.1 Å². The molecule has 0 bridgehead atoms. The van der Waals surface area contributed by atoms with E-state index in [9.17, 15) is 46.1 Å². The molecule has 0 saturated heterocycles. The van der Waals surface area contributed by atoms with Crippen molar-refractivity contribution in [3.05, 3.63) is 47.6 Å². The van der Waals surface area contributed by atoms with E-state index >= 15 is 0 Å². The summed E-state index contributed by atoms with van der Waals surface area (Å²) < 4.78 is 94.1. The fourth-order valence-corrected chi connectivity index (χ4v) is 6.63. The van der Waals surface area contributed by atoms with Crippen LogP contribution in [0, 0.1) is 17.3 Å². The summed E-state index contributed by atoms with van der Waals surface area (Å²) >= 11 is 0. The number of unbranched alkanes of at least 4 members (excludes halogenated alkanes) is 2. The number of alkyl halides is 7. The molecule has 0 heterocycles. The summed E-state index contributed by atoms with van der Waals surface area (Å²) in [5.74, 6) is 0.115. The molecular formula is C34H51F7O3. The zero-order valence-corrected chi connectivity index (χ0v) is 26.5. The Morgan fingerprint density at radius 3 is 2.14 bits per heavy atom. The van der Waals surface area contributed by atoms with Crippen molar-refractivity contribution in [2.75, 3.05) is 0 Å². The van der Waals surface area contributed by atoms with Gasteiger partial charge in [0, 0.05) is 6.42 Å². The SMILES string of the molecule is C=C1/C(=C\C=C(/CCCCC)C2CC[C@H]([C@](C)(C/C=C/C(O)(C(F)(F)F)C(F)(F)F)CCCC(C)(C)O)C2)C[C@@H](O)C[C@@H]1F. The normalized spacial score (nSPS) is 27.0. The van der Waals surface area contributed by atoms with Crippen LogP contribution in [0.15, 0.2) is 47.6 Å². The van der Waals surface area contributed by atoms with Crippen molar-refractivity contribution in [1.29, 1.82) is 0 Å². The fourth-order valence-electron chi connectivity index (χ4n) is 6.63. The highest BCUT2D eigenvalue weighted by molar-refractivity contribution is 5.38. The van der Waals surface area contributed by atoms with Crippen LogP contribution < -0.4 is 0 Å². The number of allylic oxidation sites excluding steroid dienone is 5. The maximum absolute atomic E-state index is 14.3. The van der Waals surface area contributed by atoms with E-state index in [1.807, 2.05) is 19.1 Å². The minimum absolute atomic E-state index is 0.0206. The minimum Gasteiger partial charge on any atom is -0.393 e. The van der Waals surface area contributed by atoms with E-state index in [0.29, 0.717) is 43.3 Å². The lowest BCUT2D eigenvalue weighted by molar-refractivity contribution is -0.347. The van der Waals surface area contributed by atoms with Gasteiger partial charge in [0.1, 0.15) is 6.17 Å². The van der Waals surface area contributed by atoms with Gasteiger partial charge in [-0.3, -0.25) is 0 Å². The van der Waals surface area contributed by atoms with Crippen molar-refractivity contribution in [3.8, 4) is 0 Å². The van der Waals surface area contributed by atoms with Crippen LogP contribution in [0.2, 0.25) is 0 Å². The molecule has 0 amide bonds. The van der Waals surface area contributed by atoms with E-state index in [0.717, 1.165) is 50.2 Å². The van der Waals surface area contributed by atoms with Gasteiger partial charge in [-0.25, -0.2) is 4.39 Å². The Bertz CT molecular complexity index is 1020. The Labute approximate surface area is 258 Å². The Kier molecular flexibility index (Phi) is 13.4. The van der Waals surface area contributed by atoms with E-state index in [1.54, 1.807) is 13.8 Å². The first-order chi connectivity index (χ1) is 20.1. The lowest BCUT2D eigenvalue weighted by atomic mass is 9.69. The molecule has 10 heteroatoms. The monoisotopic (exact) mass is 640 g/mol. The number of rotatable bonds is 14. The van der Waals surface area contributed by atoms with Gasteiger partial charge in [-0.15, -0.1) is 0 Å². The van der Waals surface area contributed by atoms with Gasteiger partial charge in [-0.2, -0.15) is 26.3 Å². The highest BCUT2D eigenvalue weighted by atomic mass is 19.4. The first-order valence-corrected chi connectivity index (χ1v) is 15.8. The maximum Gasteiger partial charge on any atom is 0.429 e. The second-order valence-electron chi connectivity index (χ2n) is 13.9. The second kappa shape index (κ2) is 15.3. The van der Waals surface area contributed by atoms with Crippen molar-refractivity contribution in [1.82, 2.24) is 0 Å². The molecule has 2 aliphatic carbocycles. The van der Waals surface area contributed by atoms with Crippen LogP contribution in [0.25, 0.3) is 0 Å². The summed E-state index contributed by atoms with van der Waals surface area (Å²) in [5, 5.41) is 29.9. The molecule has 1 unspecified atom stereocenters. The number of aliphatic hydroxyl groups is 3. The molecule has 0 aromatic rings. The zero-order chi connectivity index (χ0) is 33.6. The molecule has 2 fully saturated rings. The van der Waals surface area contributed by atoms with Crippen LogP contribution in [0.3, 0.4) is 0 Å². The Morgan fingerprint density at radius 1 is 0.932 bits per heavy atom. The molecular weight excluding hydrogens is 589 g/mol. The van der Waals surface area contributed by atoms with Crippen molar-refractivity contribution >= 4 is 0 Å². The molecule has 5 atom stereocenters. The van der Waals surface area contributed by atoms with Crippen LogP contribution in [0.5, 0.6) is 0 Å². The second-order valence-corrected chi connectivity index (χ2v) is 13.9. The number of aliphatic hydroxyl groups excluding tert-OH is 1. The molecule has 2 aliphatic rings. The fraction of sp³-hybridized carbons (Fsp3) is 0.765. The van der Waals surface area contributed by atoms with Crippen molar-refractivity contribution in [3.63, 3.8) is 0 Å². The summed E-state index contributed by atoms with van der Waals surface area (Å²) in [6.45, 7) is 11.1. The molecule has 2 saturated carbocycles. The molecule has 3 nitrogen and oxygen atoms in total. The number of hydrogen-bond acceptors (Lipinski definition) is 3. The van der Waals surface area contributed by atoms with Gasteiger partial charge in [0.2, 0.25) is 0 Å². The highest BCUT2D eigenvalue weighted by Gasteiger charge is 2.69. The third-order valence-electron chi connectivity index (χ3n) is 9.58. The van der Waals surface area contributed by atoms with E-state index in [-0.39, 0.29) is 30.8 Å². The van der Waals surface area contributed by atoms with Gasteiger partial charge in [0.15, 0.2) is 0 Å². The largest absolute Gasteiger partial charge is 0.429 e. The highest BCUT2D eigenvalue weighted by Crippen LogP contribution is 2.51. The summed E-state index contributed by atoms with van der Waals surface area (Å²) in [6, 6.07) is 0. The standard InChI is InChI=1S/C34H51F7O3/c1-6-7-8-11-24(12-13-25-21-28(42)22-29(35)23(25)2)26-14-15-27(20-26)31(5,17-9-16-30(3,4)43)18-10-19-32(44,33(36,37)38)34(39,40)41/h10,12-13,19,26-29,42-44H,2,6-9,11,14-18,20-22H2,1,3-5H3/b19-10+,24-12+,25-13-/t26?,27-,28+,29-,31-/m0/s1. The van der Waals surface area contributed by atoms with Gasteiger partial charge >= 0.3 is 12.4 Å². The molecule has 254 valence electrons. The Hall–Kier alpha value is -1.65. The lowest BCUT2D eigenvalue weighted by Gasteiger charge is -2.37. The molecule has 0 radical (unpaired) electrons. The van der Waals surface area contributed by atoms with Gasteiger partial charge in [0.05, 0.1) is 11.7 Å². The molecule has 0 aromatic carbocycles. The third kappa shape index (κ3) is 10.4. The van der Waals surface area contributed by atoms with Crippen LogP contribution in [0.4, 0.5) is 30.7 Å². The third-order valence-corrected chi connectivity index (χ3v) is 9.58. The quantitative estimate of drug-likeness (QED) is 0.101. The van der Waals surface area contributed by atoms with Crippen LogP contribution in [0.1, 0.15) is 111 Å². The summed E-state index contributed by atoms with van der Waals surface area (Å²) in [7, 11) is 0. The zero-order valence-electron chi connectivity index (χ0n) is 26.5. The summed E-state index contributed by atoms with van der Waals surface area (Å²) in [4.78, 5) is 0. The number of hydrogen-bond donors (Lipinski definition) is 3. The molecule has 2 rings (SSSR count). The van der Waals surface area contributed by atoms with Gasteiger partial charge in [0.25, 0.3) is 5.60 Å². The predicted octanol–water partition coefficient (Wildman–Crippen LogP) is 9.63. The van der Waals surface area contributed by atoms with Gasteiger partial charge in [-0.1, -0.05) is 63.5 Å². The average Bonchev–Trinajstić information content (AvgIpc) is 3.37. The van der Waals surface area contributed by atoms with Gasteiger partial charge < -0.3 is 15.3 Å². The van der Waals surface area contributed by atoms with Crippen molar-refractivity contribution in [2.24, 2.45) is 17.3 Å². The Morgan fingerprint density at radius 2 is 1.57 bits per heavy atom. The van der Waals surface area contributed by atoms with E-state index < -0.39 is 41.2 Å². The molecule has 0 aromatic heterocycles. The molecule has 44 heavy (non-hydrogen) atoms. The molecule has 3 N–H and O–H groups in total. The van der Waals surface area contributed by atoms with Crippen molar-refractivity contribution in [2.45, 2.75) is 147 Å². The predicted molar refractivity (Wildman–Crippen MR) is 159 cm³/mol. The average molecular weight is 641 g/mol. The van der Waals surface area contributed by atoms with E-state index in [4.69, 9.17) is 0 Å². The smallest absolute Gasteiger partial charge is 0.393 e. The van der Waals surface area contributed by atoms with Crippen LogP contribution in [-0.4, -0.2) is 51.1 Å². The van der Waals surface area contributed by atoms with Gasteiger partial charge in [-0.05, 0) is 106 Å². The molecule has 0 aliphatic heterocycles. The minimum atomic E-state index is -5.92. The Balaban J connectivity index is 2.35. The summed E-state index contributed by atoms with van der Waals surface area (Å²) in [6.07, 6.45) is -1.80. The van der Waals surface area contributed by atoms with Crippen LogP contribution in [-0.2, 0) is 0 Å². The number of halogens is 7.